The van der Waals surface area contributed by atoms with E-state index < -0.39 is 5.97 Å². The molecule has 0 saturated heterocycles. The van der Waals surface area contributed by atoms with Gasteiger partial charge in [0.25, 0.3) is 5.89 Å². The van der Waals surface area contributed by atoms with Crippen LogP contribution in [0.4, 0.5) is 0 Å². The number of furan rings is 1. The monoisotopic (exact) mass is 291 g/mol. The van der Waals surface area contributed by atoms with Gasteiger partial charge in [0, 0.05) is 0 Å². The largest absolute Gasteiger partial charge is 0.481 e. The summed E-state index contributed by atoms with van der Waals surface area (Å²) in [6.45, 7) is 1.08. The molecule has 1 fully saturated rings. The standard InChI is InChI=1S/C14H17N3O4/c18-14(19)10-4-1-3-9(10)7-15-8-12-16-17-13(21-12)11-5-2-6-20-11/h2,5-6,9-10,15H,1,3-4,7-8H2,(H,18,19). The number of rotatable bonds is 6. The molecule has 7 nitrogen and oxygen atoms in total. The Balaban J connectivity index is 1.51. The molecule has 0 bridgehead atoms. The Hall–Kier alpha value is -2.15. The van der Waals surface area contributed by atoms with Gasteiger partial charge in [-0.3, -0.25) is 4.79 Å². The number of nitrogens with one attached hydrogen (secondary N) is 1. The Morgan fingerprint density at radius 1 is 1.43 bits per heavy atom. The lowest BCUT2D eigenvalue weighted by atomic mass is 9.96. The Kier molecular flexibility index (Phi) is 4.01. The maximum absolute atomic E-state index is 11.1. The summed E-state index contributed by atoms with van der Waals surface area (Å²) < 4.78 is 10.6. The van der Waals surface area contributed by atoms with E-state index in [2.05, 4.69) is 15.5 Å². The van der Waals surface area contributed by atoms with Crippen LogP contribution in [0.5, 0.6) is 0 Å². The molecule has 0 amide bonds. The highest BCUT2D eigenvalue weighted by Gasteiger charge is 2.32. The summed E-state index contributed by atoms with van der Waals surface area (Å²) in [4.78, 5) is 11.1. The number of carboxylic acid groups (broad SMARTS) is 1. The number of carbonyl (C=O) groups is 1. The third kappa shape index (κ3) is 3.13. The molecule has 2 heterocycles. The van der Waals surface area contributed by atoms with Crippen molar-refractivity contribution < 1.29 is 18.7 Å². The van der Waals surface area contributed by atoms with Crippen LogP contribution in [0.15, 0.2) is 27.2 Å². The maximum Gasteiger partial charge on any atom is 0.306 e. The van der Waals surface area contributed by atoms with Crippen LogP contribution in [0, 0.1) is 11.8 Å². The molecule has 1 saturated carbocycles. The highest BCUT2D eigenvalue weighted by atomic mass is 16.4. The van der Waals surface area contributed by atoms with Gasteiger partial charge in [0.05, 0.1) is 18.7 Å². The van der Waals surface area contributed by atoms with E-state index in [1.165, 1.54) is 0 Å². The zero-order chi connectivity index (χ0) is 14.7. The highest BCUT2D eigenvalue weighted by molar-refractivity contribution is 5.70. The van der Waals surface area contributed by atoms with Crippen LogP contribution in [0.1, 0.15) is 25.2 Å². The van der Waals surface area contributed by atoms with Gasteiger partial charge in [0.1, 0.15) is 0 Å². The third-order valence-corrected chi connectivity index (χ3v) is 3.86. The molecule has 7 heteroatoms. The summed E-state index contributed by atoms with van der Waals surface area (Å²) in [5, 5.41) is 20.2. The van der Waals surface area contributed by atoms with E-state index in [1.807, 2.05) is 0 Å². The van der Waals surface area contributed by atoms with Crippen molar-refractivity contribution in [2.45, 2.75) is 25.8 Å². The Labute approximate surface area is 121 Å². The summed E-state index contributed by atoms with van der Waals surface area (Å²) in [5.41, 5.74) is 0. The van der Waals surface area contributed by atoms with E-state index in [4.69, 9.17) is 13.9 Å². The van der Waals surface area contributed by atoms with Gasteiger partial charge < -0.3 is 19.3 Å². The number of hydrogen-bond acceptors (Lipinski definition) is 6. The lowest BCUT2D eigenvalue weighted by Gasteiger charge is -2.15. The van der Waals surface area contributed by atoms with Crippen molar-refractivity contribution in [3.05, 3.63) is 24.3 Å². The second-order valence-corrected chi connectivity index (χ2v) is 5.24. The SMILES string of the molecule is O=C(O)C1CCCC1CNCc1nnc(-c2ccco2)o1. The first-order valence-corrected chi connectivity index (χ1v) is 7.04. The summed E-state index contributed by atoms with van der Waals surface area (Å²) in [6.07, 6.45) is 4.24. The molecule has 2 atom stereocenters. The summed E-state index contributed by atoms with van der Waals surface area (Å²) in [7, 11) is 0. The molecule has 1 aliphatic carbocycles. The highest BCUT2D eigenvalue weighted by Crippen LogP contribution is 2.31. The molecule has 3 rings (SSSR count). The fourth-order valence-corrected chi connectivity index (χ4v) is 2.80. The van der Waals surface area contributed by atoms with Gasteiger partial charge in [-0.15, -0.1) is 10.2 Å². The van der Waals surface area contributed by atoms with Crippen molar-refractivity contribution in [3.63, 3.8) is 0 Å². The molecule has 21 heavy (non-hydrogen) atoms. The van der Waals surface area contributed by atoms with Gasteiger partial charge in [0.15, 0.2) is 5.76 Å². The molecule has 112 valence electrons. The van der Waals surface area contributed by atoms with Gasteiger partial charge >= 0.3 is 5.97 Å². The van der Waals surface area contributed by atoms with Crippen LogP contribution in [-0.2, 0) is 11.3 Å². The molecule has 0 aromatic carbocycles. The average molecular weight is 291 g/mol. The summed E-state index contributed by atoms with van der Waals surface area (Å²) >= 11 is 0. The van der Waals surface area contributed by atoms with E-state index in [-0.39, 0.29) is 11.8 Å². The first-order valence-electron chi connectivity index (χ1n) is 7.04. The van der Waals surface area contributed by atoms with Crippen molar-refractivity contribution in [2.24, 2.45) is 11.8 Å². The Morgan fingerprint density at radius 3 is 3.10 bits per heavy atom. The smallest absolute Gasteiger partial charge is 0.306 e. The van der Waals surface area contributed by atoms with Crippen LogP contribution >= 0.6 is 0 Å². The molecule has 2 aromatic heterocycles. The number of carboxylic acids is 1. The van der Waals surface area contributed by atoms with Crippen molar-refractivity contribution in [3.8, 4) is 11.7 Å². The normalized spacial score (nSPS) is 21.7. The molecule has 1 aliphatic rings. The number of hydrogen-bond donors (Lipinski definition) is 2. The second-order valence-electron chi connectivity index (χ2n) is 5.24. The van der Waals surface area contributed by atoms with Crippen LogP contribution < -0.4 is 5.32 Å². The first-order chi connectivity index (χ1) is 10.2. The minimum Gasteiger partial charge on any atom is -0.481 e. The van der Waals surface area contributed by atoms with E-state index >= 15 is 0 Å². The van der Waals surface area contributed by atoms with Gasteiger partial charge in [-0.05, 0) is 37.4 Å². The average Bonchev–Trinajstić information content (AvgIpc) is 3.20. The molecule has 2 unspecified atom stereocenters. The zero-order valence-electron chi connectivity index (χ0n) is 11.5. The van der Waals surface area contributed by atoms with Crippen LogP contribution in [0.25, 0.3) is 11.7 Å². The minimum atomic E-state index is -0.697. The number of nitrogens with zero attached hydrogens (tertiary/aromatic N) is 2. The third-order valence-electron chi connectivity index (χ3n) is 3.86. The molecule has 0 radical (unpaired) electrons. The van der Waals surface area contributed by atoms with Crippen molar-refractivity contribution >= 4 is 5.97 Å². The molecular weight excluding hydrogens is 274 g/mol. The Bertz CT molecular complexity index is 593. The topological polar surface area (TPSA) is 101 Å². The predicted octanol–water partition coefficient (Wildman–Crippen LogP) is 1.92. The molecular formula is C14H17N3O4. The van der Waals surface area contributed by atoms with Crippen molar-refractivity contribution in [1.82, 2.24) is 15.5 Å². The van der Waals surface area contributed by atoms with E-state index in [0.717, 1.165) is 19.3 Å². The predicted molar refractivity (Wildman–Crippen MR) is 72.2 cm³/mol. The van der Waals surface area contributed by atoms with Gasteiger partial charge in [-0.2, -0.15) is 0 Å². The van der Waals surface area contributed by atoms with Gasteiger partial charge in [-0.1, -0.05) is 6.42 Å². The van der Waals surface area contributed by atoms with E-state index in [0.29, 0.717) is 30.6 Å². The first kappa shape index (κ1) is 13.8. The van der Waals surface area contributed by atoms with Crippen molar-refractivity contribution in [1.29, 1.82) is 0 Å². The fourth-order valence-electron chi connectivity index (χ4n) is 2.80. The van der Waals surface area contributed by atoms with Gasteiger partial charge in [0.2, 0.25) is 5.89 Å². The van der Waals surface area contributed by atoms with E-state index in [9.17, 15) is 4.79 Å². The summed E-state index contributed by atoms with van der Waals surface area (Å²) in [6, 6.07) is 3.50. The van der Waals surface area contributed by atoms with Crippen LogP contribution in [-0.4, -0.2) is 27.8 Å². The second kappa shape index (κ2) is 6.09. The van der Waals surface area contributed by atoms with Crippen LogP contribution in [0.2, 0.25) is 0 Å². The molecule has 0 spiro atoms. The quantitative estimate of drug-likeness (QED) is 0.838. The number of aromatic nitrogens is 2. The minimum absolute atomic E-state index is 0.176. The maximum atomic E-state index is 11.1. The van der Waals surface area contributed by atoms with Crippen LogP contribution in [0.3, 0.4) is 0 Å². The zero-order valence-corrected chi connectivity index (χ0v) is 11.5. The molecule has 0 aliphatic heterocycles. The molecule has 2 aromatic rings. The number of aliphatic carboxylic acids is 1. The summed E-state index contributed by atoms with van der Waals surface area (Å²) in [5.74, 6) is 0.592. The lowest BCUT2D eigenvalue weighted by molar-refractivity contribution is -0.142. The lowest BCUT2D eigenvalue weighted by Crippen LogP contribution is -2.28. The van der Waals surface area contributed by atoms with E-state index in [1.54, 1.807) is 18.4 Å². The van der Waals surface area contributed by atoms with Crippen molar-refractivity contribution in [2.75, 3.05) is 6.54 Å². The fraction of sp³-hybridized carbons (Fsp3) is 0.500. The molecule has 2 N–H and O–H groups in total. The van der Waals surface area contributed by atoms with Gasteiger partial charge in [-0.25, -0.2) is 0 Å². The Morgan fingerprint density at radius 2 is 2.33 bits per heavy atom.